The number of methoxy groups -OCH3 is 1. The summed E-state index contributed by atoms with van der Waals surface area (Å²) in [6, 6.07) is 5.45. The number of carbonyl (C=O) groups is 1. The number of hydrogen-bond donors (Lipinski definition) is 2. The van der Waals surface area contributed by atoms with Crippen LogP contribution in [0.1, 0.15) is 17.9 Å². The van der Waals surface area contributed by atoms with Gasteiger partial charge in [0.25, 0.3) is 0 Å². The van der Waals surface area contributed by atoms with E-state index < -0.39 is 11.9 Å². The molecule has 1 aromatic carbocycles. The Bertz CT molecular complexity index is 389. The molecule has 0 fully saturated rings. The van der Waals surface area contributed by atoms with Gasteiger partial charge in [0.05, 0.1) is 13.0 Å². The van der Waals surface area contributed by atoms with Gasteiger partial charge < -0.3 is 15.2 Å². The van der Waals surface area contributed by atoms with E-state index in [1.807, 2.05) is 12.1 Å². The minimum Gasteiger partial charge on any atom is -0.497 e. The summed E-state index contributed by atoms with van der Waals surface area (Å²) in [5.41, 5.74) is 1.71. The number of fused-ring (bicyclic) bond motifs is 1. The molecule has 0 aromatic heterocycles. The SMILES string of the molecule is COc1ccc2c(c1)NCCC2C(=O)O. The minimum absolute atomic E-state index is 0.396. The lowest BCUT2D eigenvalue weighted by Gasteiger charge is -2.24. The van der Waals surface area contributed by atoms with Gasteiger partial charge in [0.2, 0.25) is 0 Å². The smallest absolute Gasteiger partial charge is 0.311 e. The van der Waals surface area contributed by atoms with E-state index in [2.05, 4.69) is 5.32 Å². The molecular formula is C11H13NO3. The molecule has 4 heteroatoms. The number of carboxylic acid groups (broad SMARTS) is 1. The molecule has 1 aliphatic heterocycles. The fraction of sp³-hybridized carbons (Fsp3) is 0.364. The van der Waals surface area contributed by atoms with Crippen LogP contribution in [0.4, 0.5) is 5.69 Å². The Morgan fingerprint density at radius 1 is 1.60 bits per heavy atom. The van der Waals surface area contributed by atoms with Crippen LogP contribution < -0.4 is 10.1 Å². The van der Waals surface area contributed by atoms with Crippen molar-refractivity contribution in [3.05, 3.63) is 23.8 Å². The van der Waals surface area contributed by atoms with Crippen molar-refractivity contribution in [3.8, 4) is 5.75 Å². The van der Waals surface area contributed by atoms with Crippen LogP contribution in [-0.2, 0) is 4.79 Å². The van der Waals surface area contributed by atoms with Gasteiger partial charge in [-0.1, -0.05) is 6.07 Å². The molecule has 0 bridgehead atoms. The van der Waals surface area contributed by atoms with Crippen molar-refractivity contribution in [1.82, 2.24) is 0 Å². The number of rotatable bonds is 2. The van der Waals surface area contributed by atoms with Crippen LogP contribution >= 0.6 is 0 Å². The number of carboxylic acids is 1. The zero-order chi connectivity index (χ0) is 10.8. The van der Waals surface area contributed by atoms with Crippen LogP contribution in [0.25, 0.3) is 0 Å². The van der Waals surface area contributed by atoms with Crippen molar-refractivity contribution in [2.24, 2.45) is 0 Å². The Labute approximate surface area is 87.9 Å². The lowest BCUT2D eigenvalue weighted by atomic mass is 9.91. The summed E-state index contributed by atoms with van der Waals surface area (Å²) in [6.07, 6.45) is 0.634. The molecule has 1 heterocycles. The second-order valence-electron chi connectivity index (χ2n) is 3.56. The highest BCUT2D eigenvalue weighted by Crippen LogP contribution is 2.34. The maximum atomic E-state index is 11.0. The number of anilines is 1. The molecule has 1 aliphatic rings. The van der Waals surface area contributed by atoms with E-state index in [9.17, 15) is 4.79 Å². The summed E-state index contributed by atoms with van der Waals surface area (Å²) < 4.78 is 5.09. The summed E-state index contributed by atoms with van der Waals surface area (Å²) in [5.74, 6) is -0.414. The molecule has 0 saturated heterocycles. The summed E-state index contributed by atoms with van der Waals surface area (Å²) >= 11 is 0. The molecule has 0 aliphatic carbocycles. The van der Waals surface area contributed by atoms with Crippen molar-refractivity contribution < 1.29 is 14.6 Å². The number of hydrogen-bond acceptors (Lipinski definition) is 3. The normalized spacial score (nSPS) is 18.9. The molecule has 2 N–H and O–H groups in total. The van der Waals surface area contributed by atoms with E-state index in [0.29, 0.717) is 13.0 Å². The molecule has 1 unspecified atom stereocenters. The standard InChI is InChI=1S/C11H13NO3/c1-15-7-2-3-8-9(11(13)14)4-5-12-10(8)6-7/h2-3,6,9,12H,4-5H2,1H3,(H,13,14). The van der Waals surface area contributed by atoms with Crippen LogP contribution in [0.15, 0.2) is 18.2 Å². The highest BCUT2D eigenvalue weighted by Gasteiger charge is 2.25. The first-order valence-corrected chi connectivity index (χ1v) is 4.87. The third-order valence-corrected chi connectivity index (χ3v) is 2.68. The van der Waals surface area contributed by atoms with Gasteiger partial charge in [-0.3, -0.25) is 4.79 Å². The third kappa shape index (κ3) is 1.75. The Kier molecular flexibility index (Phi) is 2.49. The zero-order valence-corrected chi connectivity index (χ0v) is 8.49. The van der Waals surface area contributed by atoms with Gasteiger partial charge in [-0.15, -0.1) is 0 Å². The van der Waals surface area contributed by atoms with Gasteiger partial charge >= 0.3 is 5.97 Å². The highest BCUT2D eigenvalue weighted by molar-refractivity contribution is 5.80. The van der Waals surface area contributed by atoms with E-state index in [1.165, 1.54) is 0 Å². The van der Waals surface area contributed by atoms with Crippen LogP contribution in [-0.4, -0.2) is 24.7 Å². The molecule has 0 saturated carbocycles. The van der Waals surface area contributed by atoms with Crippen molar-refractivity contribution >= 4 is 11.7 Å². The first-order valence-electron chi connectivity index (χ1n) is 4.87. The van der Waals surface area contributed by atoms with Gasteiger partial charge in [0.15, 0.2) is 0 Å². The monoisotopic (exact) mass is 207 g/mol. The average Bonchev–Trinajstić information content (AvgIpc) is 2.27. The highest BCUT2D eigenvalue weighted by atomic mass is 16.5. The van der Waals surface area contributed by atoms with E-state index in [1.54, 1.807) is 13.2 Å². The predicted octanol–water partition coefficient (Wildman–Crippen LogP) is 1.68. The van der Waals surface area contributed by atoms with E-state index in [4.69, 9.17) is 9.84 Å². The summed E-state index contributed by atoms with van der Waals surface area (Å²) in [5, 5.41) is 12.2. The van der Waals surface area contributed by atoms with Crippen LogP contribution in [0.5, 0.6) is 5.75 Å². The molecule has 0 radical (unpaired) electrons. The van der Waals surface area contributed by atoms with Crippen molar-refractivity contribution in [2.45, 2.75) is 12.3 Å². The zero-order valence-electron chi connectivity index (χ0n) is 8.49. The topological polar surface area (TPSA) is 58.6 Å². The molecular weight excluding hydrogens is 194 g/mol. The summed E-state index contributed by atoms with van der Waals surface area (Å²) in [7, 11) is 1.60. The maximum absolute atomic E-state index is 11.0. The minimum atomic E-state index is -0.761. The van der Waals surface area contributed by atoms with E-state index in [0.717, 1.165) is 17.0 Å². The van der Waals surface area contributed by atoms with Crippen LogP contribution in [0, 0.1) is 0 Å². The summed E-state index contributed by atoms with van der Waals surface area (Å²) in [4.78, 5) is 11.0. The number of benzene rings is 1. The maximum Gasteiger partial charge on any atom is 0.311 e. The largest absolute Gasteiger partial charge is 0.497 e. The first kappa shape index (κ1) is 9.83. The van der Waals surface area contributed by atoms with Crippen molar-refractivity contribution in [3.63, 3.8) is 0 Å². The van der Waals surface area contributed by atoms with Crippen LogP contribution in [0.3, 0.4) is 0 Å². The third-order valence-electron chi connectivity index (χ3n) is 2.68. The van der Waals surface area contributed by atoms with Crippen molar-refractivity contribution in [1.29, 1.82) is 0 Å². The lowest BCUT2D eigenvalue weighted by molar-refractivity contribution is -0.138. The Balaban J connectivity index is 2.40. The molecule has 1 aromatic rings. The molecule has 4 nitrogen and oxygen atoms in total. The Hall–Kier alpha value is -1.71. The average molecular weight is 207 g/mol. The molecule has 15 heavy (non-hydrogen) atoms. The van der Waals surface area contributed by atoms with Gasteiger partial charge in [0, 0.05) is 18.3 Å². The molecule has 0 spiro atoms. The van der Waals surface area contributed by atoms with Gasteiger partial charge in [0.1, 0.15) is 5.75 Å². The van der Waals surface area contributed by atoms with Crippen LogP contribution in [0.2, 0.25) is 0 Å². The fourth-order valence-corrected chi connectivity index (χ4v) is 1.88. The molecule has 80 valence electrons. The molecule has 0 amide bonds. The van der Waals surface area contributed by atoms with Gasteiger partial charge in [-0.2, -0.15) is 0 Å². The van der Waals surface area contributed by atoms with E-state index in [-0.39, 0.29) is 0 Å². The number of aliphatic carboxylic acids is 1. The molecule has 1 atom stereocenters. The quantitative estimate of drug-likeness (QED) is 0.774. The summed E-state index contributed by atoms with van der Waals surface area (Å²) in [6.45, 7) is 0.692. The van der Waals surface area contributed by atoms with E-state index >= 15 is 0 Å². The number of ether oxygens (including phenoxy) is 1. The predicted molar refractivity (Wildman–Crippen MR) is 56.5 cm³/mol. The Morgan fingerprint density at radius 2 is 2.40 bits per heavy atom. The second kappa shape index (κ2) is 3.81. The van der Waals surface area contributed by atoms with Crippen molar-refractivity contribution in [2.75, 3.05) is 19.0 Å². The lowest BCUT2D eigenvalue weighted by Crippen LogP contribution is -2.22. The van der Waals surface area contributed by atoms with Gasteiger partial charge in [-0.05, 0) is 18.1 Å². The van der Waals surface area contributed by atoms with Gasteiger partial charge in [-0.25, -0.2) is 0 Å². The first-order chi connectivity index (χ1) is 7.22. The Morgan fingerprint density at radius 3 is 3.07 bits per heavy atom. The second-order valence-corrected chi connectivity index (χ2v) is 3.56. The fourth-order valence-electron chi connectivity index (χ4n) is 1.88. The molecule has 2 rings (SSSR count). The number of nitrogens with one attached hydrogen (secondary N) is 1.